The van der Waals surface area contributed by atoms with Crippen LogP contribution in [0, 0.1) is 0 Å². The van der Waals surface area contributed by atoms with Crippen LogP contribution in [0.1, 0.15) is 13.3 Å². The maximum atomic E-state index is 11.8. The quantitative estimate of drug-likeness (QED) is 0.627. The number of hydrogen-bond acceptors (Lipinski definition) is 2. The van der Waals surface area contributed by atoms with Crippen LogP contribution in [-0.2, 0) is 6.54 Å². The molecule has 0 spiro atoms. The van der Waals surface area contributed by atoms with Crippen molar-refractivity contribution in [3.63, 3.8) is 0 Å². The molecule has 0 atom stereocenters. The molecule has 0 saturated carbocycles. The van der Waals surface area contributed by atoms with Gasteiger partial charge in [-0.25, -0.2) is 0 Å². The van der Waals surface area contributed by atoms with Gasteiger partial charge in [-0.1, -0.05) is 6.92 Å². The largest absolute Gasteiger partial charge is 1.00 e. The number of ether oxygens (including phenoxy) is 1. The van der Waals surface area contributed by atoms with Crippen molar-refractivity contribution in [1.29, 1.82) is 0 Å². The van der Waals surface area contributed by atoms with Crippen LogP contribution >= 0.6 is 0 Å². The summed E-state index contributed by atoms with van der Waals surface area (Å²) in [6, 6.07) is 0. The molecule has 0 bridgehead atoms. The molecule has 0 aliphatic carbocycles. The molecule has 0 amide bonds. The van der Waals surface area contributed by atoms with Gasteiger partial charge in [0.2, 0.25) is 0 Å². The van der Waals surface area contributed by atoms with Crippen LogP contribution in [0.5, 0.6) is 5.75 Å². The molecule has 0 aromatic carbocycles. The smallest absolute Gasteiger partial charge is 0.519 e. The first-order chi connectivity index (χ1) is 6.51. The summed E-state index contributed by atoms with van der Waals surface area (Å²) in [6.07, 6.45) is 3.63. The Bertz CT molecular complexity index is 292. The van der Waals surface area contributed by atoms with Gasteiger partial charge in [0, 0.05) is 6.54 Å². The van der Waals surface area contributed by atoms with Crippen LogP contribution in [0.2, 0.25) is 0 Å². The summed E-state index contributed by atoms with van der Waals surface area (Å²) in [4.78, 5) is 0. The van der Waals surface area contributed by atoms with E-state index in [1.165, 1.54) is 12.4 Å². The molecule has 8 heteroatoms. The van der Waals surface area contributed by atoms with E-state index < -0.39 is 13.5 Å². The van der Waals surface area contributed by atoms with Crippen molar-refractivity contribution < 1.29 is 69.1 Å². The monoisotopic (exact) mass is 246 g/mol. The van der Waals surface area contributed by atoms with Crippen molar-refractivity contribution in [2.45, 2.75) is 19.9 Å². The van der Waals surface area contributed by atoms with Crippen molar-refractivity contribution in [3.05, 3.63) is 12.4 Å². The Balaban J connectivity index is 0.00000196. The van der Waals surface area contributed by atoms with Gasteiger partial charge in [0.25, 0.3) is 0 Å². The number of aromatic nitrogens is 2. The molecular weight excluding hydrogens is 235 g/mol. The van der Waals surface area contributed by atoms with Crippen LogP contribution in [-0.4, -0.2) is 23.3 Å². The van der Waals surface area contributed by atoms with E-state index in [-0.39, 0.29) is 57.1 Å². The molecule has 1 rings (SSSR count). The van der Waals surface area contributed by atoms with Gasteiger partial charge in [-0.2, -0.15) is 5.10 Å². The van der Waals surface area contributed by atoms with Gasteiger partial charge in [-0.3, -0.25) is 4.68 Å². The number of nitrogens with zero attached hydrogens (tertiary/aromatic N) is 2. The predicted octanol–water partition coefficient (Wildman–Crippen LogP) is -0.938. The number of hydrogen-bond donors (Lipinski definition) is 0. The molecule has 15 heavy (non-hydrogen) atoms. The van der Waals surface area contributed by atoms with Crippen LogP contribution < -0.4 is 56.1 Å². The maximum absolute atomic E-state index is 11.8. The van der Waals surface area contributed by atoms with E-state index in [4.69, 9.17) is 0 Å². The molecule has 1 heterocycles. The van der Waals surface area contributed by atoms with E-state index in [0.717, 1.165) is 6.42 Å². The summed E-state index contributed by atoms with van der Waals surface area (Å²) in [5, 5.41) is 3.84. The summed E-state index contributed by atoms with van der Waals surface area (Å²) in [5.41, 5.74) is 0. The third kappa shape index (κ3) is 6.62. The summed E-state index contributed by atoms with van der Waals surface area (Å²) in [7, 11) is 0. The average Bonchev–Trinajstić information content (AvgIpc) is 2.49. The summed E-state index contributed by atoms with van der Waals surface area (Å²) >= 11 is 0. The van der Waals surface area contributed by atoms with Crippen LogP contribution in [0.3, 0.4) is 0 Å². The molecule has 1 aromatic heterocycles. The summed E-state index contributed by atoms with van der Waals surface area (Å²) in [6.45, 7) is -3.46. The molecule has 80 valence electrons. The second-order valence-corrected chi connectivity index (χ2v) is 2.96. The standard InChI is InChI=1S/C7H11BF3N2O.K/c1-2-3-13-5-7(4-12-13)14-6-8(9,10)11;/h4-5H,2-3,6H2,1H3;/q-1;+1. The Labute approximate surface area is 129 Å². The zero-order valence-corrected chi connectivity index (χ0v) is 11.9. The van der Waals surface area contributed by atoms with Gasteiger partial charge in [0.15, 0.2) is 5.75 Å². The maximum Gasteiger partial charge on any atom is 1.00 e. The van der Waals surface area contributed by atoms with Gasteiger partial charge < -0.3 is 17.7 Å². The van der Waals surface area contributed by atoms with Crippen LogP contribution in [0.15, 0.2) is 12.4 Å². The van der Waals surface area contributed by atoms with Gasteiger partial charge >= 0.3 is 58.4 Å². The van der Waals surface area contributed by atoms with E-state index in [1.54, 1.807) is 4.68 Å². The predicted molar refractivity (Wildman–Crippen MR) is 47.1 cm³/mol. The van der Waals surface area contributed by atoms with E-state index in [1.807, 2.05) is 6.92 Å². The van der Waals surface area contributed by atoms with Crippen molar-refractivity contribution >= 4 is 6.98 Å². The molecule has 0 aliphatic heterocycles. The first kappa shape index (κ1) is 15.5. The van der Waals surface area contributed by atoms with Gasteiger partial charge in [-0.15, -0.1) is 0 Å². The zero-order chi connectivity index (χ0) is 10.6. The minimum Gasteiger partial charge on any atom is -0.519 e. The molecule has 0 saturated heterocycles. The molecule has 0 aliphatic rings. The number of aryl methyl sites for hydroxylation is 1. The minimum atomic E-state index is -4.89. The first-order valence-corrected chi connectivity index (χ1v) is 4.37. The van der Waals surface area contributed by atoms with E-state index >= 15 is 0 Å². The van der Waals surface area contributed by atoms with Gasteiger partial charge in [0.05, 0.1) is 18.9 Å². The molecule has 0 unspecified atom stereocenters. The van der Waals surface area contributed by atoms with Gasteiger partial charge in [-0.05, 0) is 6.42 Å². The van der Waals surface area contributed by atoms with Crippen molar-refractivity contribution in [3.8, 4) is 5.75 Å². The average molecular weight is 246 g/mol. The third-order valence-corrected chi connectivity index (χ3v) is 1.50. The topological polar surface area (TPSA) is 27.1 Å². The van der Waals surface area contributed by atoms with E-state index in [2.05, 4.69) is 9.84 Å². The first-order valence-electron chi connectivity index (χ1n) is 4.37. The van der Waals surface area contributed by atoms with Crippen molar-refractivity contribution in [1.82, 2.24) is 9.78 Å². The van der Waals surface area contributed by atoms with Gasteiger partial charge in [0.1, 0.15) is 0 Å². The molecule has 1 aromatic rings. The normalized spacial score (nSPS) is 10.9. The Kier molecular flexibility index (Phi) is 7.18. The molecule has 3 nitrogen and oxygen atoms in total. The Hall–Kier alpha value is 0.501. The molecule has 0 fully saturated rings. The minimum absolute atomic E-state index is 0. The Morgan fingerprint density at radius 2 is 2.13 bits per heavy atom. The van der Waals surface area contributed by atoms with E-state index in [9.17, 15) is 12.9 Å². The fraction of sp³-hybridized carbons (Fsp3) is 0.571. The molecular formula is C7H11BF3KN2O. The van der Waals surface area contributed by atoms with Crippen LogP contribution in [0.25, 0.3) is 0 Å². The fourth-order valence-electron chi connectivity index (χ4n) is 0.961. The second-order valence-electron chi connectivity index (χ2n) is 2.96. The summed E-state index contributed by atoms with van der Waals surface area (Å²) in [5.74, 6) is 0.164. The van der Waals surface area contributed by atoms with E-state index in [0.29, 0.717) is 6.54 Å². The van der Waals surface area contributed by atoms with Crippen molar-refractivity contribution in [2.24, 2.45) is 0 Å². The summed E-state index contributed by atoms with van der Waals surface area (Å²) < 4.78 is 41.5. The van der Waals surface area contributed by atoms with Crippen LogP contribution in [0.4, 0.5) is 12.9 Å². The number of rotatable bonds is 5. The zero-order valence-electron chi connectivity index (χ0n) is 8.79. The third-order valence-electron chi connectivity index (χ3n) is 1.50. The second kappa shape index (κ2) is 6.95. The fourth-order valence-corrected chi connectivity index (χ4v) is 0.961. The van der Waals surface area contributed by atoms with Crippen molar-refractivity contribution in [2.75, 3.05) is 6.51 Å². The number of halogens is 3. The Morgan fingerprint density at radius 1 is 1.47 bits per heavy atom. The Morgan fingerprint density at radius 3 is 2.67 bits per heavy atom. The molecule has 0 radical (unpaired) electrons. The SMILES string of the molecule is CCCn1cc(OC[B-](F)(F)F)cn1.[K+]. The molecule has 0 N–H and O–H groups in total.